The van der Waals surface area contributed by atoms with E-state index >= 15 is 0 Å². The van der Waals surface area contributed by atoms with E-state index in [1.807, 2.05) is 17.0 Å². The molecule has 0 radical (unpaired) electrons. The molecule has 2 rings (SSSR count). The Morgan fingerprint density at radius 1 is 1.25 bits per heavy atom. The number of urea groups is 1. The monoisotopic (exact) mass is 334 g/mol. The van der Waals surface area contributed by atoms with Crippen LogP contribution in [0.3, 0.4) is 0 Å². The maximum atomic E-state index is 12.1. The Labute approximate surface area is 145 Å². The van der Waals surface area contributed by atoms with Crippen molar-refractivity contribution in [2.24, 2.45) is 5.92 Å². The minimum absolute atomic E-state index is 0.0435. The Morgan fingerprint density at radius 2 is 1.88 bits per heavy atom. The quantitative estimate of drug-likeness (QED) is 0.814. The van der Waals surface area contributed by atoms with Gasteiger partial charge in [-0.25, -0.2) is 4.79 Å². The van der Waals surface area contributed by atoms with Gasteiger partial charge in [0.25, 0.3) is 0 Å². The Hall–Kier alpha value is -1.75. The van der Waals surface area contributed by atoms with E-state index in [9.17, 15) is 4.79 Å². The van der Waals surface area contributed by atoms with Crippen molar-refractivity contribution in [1.82, 2.24) is 10.2 Å². The van der Waals surface area contributed by atoms with Gasteiger partial charge in [-0.1, -0.05) is 32.9 Å². The number of ether oxygens (including phenoxy) is 1. The first-order valence-corrected chi connectivity index (χ1v) is 8.77. The molecular formula is C19H30N2O3. The van der Waals surface area contributed by atoms with Crippen LogP contribution in [0.1, 0.15) is 39.2 Å². The van der Waals surface area contributed by atoms with Crippen molar-refractivity contribution in [1.29, 1.82) is 0 Å². The van der Waals surface area contributed by atoms with Gasteiger partial charge in [0.15, 0.2) is 0 Å². The Bertz CT molecular complexity index is 514. The third-order valence-electron chi connectivity index (χ3n) is 4.53. The second-order valence-electron chi connectivity index (χ2n) is 7.47. The molecule has 2 amide bonds. The molecule has 2 N–H and O–H groups in total. The maximum Gasteiger partial charge on any atom is 0.317 e. The number of amides is 2. The van der Waals surface area contributed by atoms with Crippen LogP contribution in [0.4, 0.5) is 4.79 Å². The number of aliphatic hydroxyl groups is 1. The number of carbonyl (C=O) groups is 1. The minimum Gasteiger partial charge on any atom is -0.492 e. The van der Waals surface area contributed by atoms with Crippen LogP contribution in [-0.4, -0.2) is 48.9 Å². The van der Waals surface area contributed by atoms with E-state index in [0.717, 1.165) is 18.6 Å². The van der Waals surface area contributed by atoms with E-state index in [-0.39, 0.29) is 18.1 Å². The summed E-state index contributed by atoms with van der Waals surface area (Å²) in [6.07, 6.45) is 1.75. The second-order valence-corrected chi connectivity index (χ2v) is 7.47. The van der Waals surface area contributed by atoms with Gasteiger partial charge in [0.1, 0.15) is 12.4 Å². The fourth-order valence-corrected chi connectivity index (χ4v) is 2.81. The van der Waals surface area contributed by atoms with E-state index in [2.05, 4.69) is 38.2 Å². The summed E-state index contributed by atoms with van der Waals surface area (Å²) in [6, 6.07) is 8.07. The second kappa shape index (κ2) is 8.38. The Morgan fingerprint density at radius 3 is 2.42 bits per heavy atom. The zero-order chi connectivity index (χ0) is 17.6. The van der Waals surface area contributed by atoms with Crippen LogP contribution in [0, 0.1) is 5.92 Å². The molecule has 1 heterocycles. The number of benzene rings is 1. The summed E-state index contributed by atoms with van der Waals surface area (Å²) in [5.41, 5.74) is 1.41. The van der Waals surface area contributed by atoms with Gasteiger partial charge in [-0.3, -0.25) is 0 Å². The summed E-state index contributed by atoms with van der Waals surface area (Å²) in [7, 11) is 0. The van der Waals surface area contributed by atoms with Gasteiger partial charge in [0.2, 0.25) is 0 Å². The smallest absolute Gasteiger partial charge is 0.317 e. The zero-order valence-electron chi connectivity index (χ0n) is 15.0. The summed E-state index contributed by atoms with van der Waals surface area (Å²) in [5.74, 6) is 1.16. The van der Waals surface area contributed by atoms with Crippen molar-refractivity contribution >= 4 is 6.03 Å². The minimum atomic E-state index is -0.0435. The molecule has 0 spiro atoms. The summed E-state index contributed by atoms with van der Waals surface area (Å²) < 4.78 is 5.68. The number of aliphatic hydroxyl groups excluding tert-OH is 1. The third kappa shape index (κ3) is 5.41. The molecule has 0 atom stereocenters. The van der Waals surface area contributed by atoms with Crippen molar-refractivity contribution in [3.05, 3.63) is 29.8 Å². The molecule has 0 aromatic heterocycles. The molecule has 0 aliphatic carbocycles. The number of hydrogen-bond acceptors (Lipinski definition) is 3. The van der Waals surface area contributed by atoms with Gasteiger partial charge < -0.3 is 20.1 Å². The predicted molar refractivity (Wildman–Crippen MR) is 95.4 cm³/mol. The lowest BCUT2D eigenvalue weighted by atomic mass is 9.87. The number of likely N-dealkylation sites (tertiary alicyclic amines) is 1. The molecule has 0 unspecified atom stereocenters. The number of nitrogens with zero attached hydrogens (tertiary/aromatic N) is 1. The maximum absolute atomic E-state index is 12.1. The first-order chi connectivity index (χ1) is 11.4. The van der Waals surface area contributed by atoms with E-state index in [1.165, 1.54) is 5.56 Å². The summed E-state index contributed by atoms with van der Waals surface area (Å²) in [6.45, 7) is 9.13. The highest BCUT2D eigenvalue weighted by Crippen LogP contribution is 2.24. The van der Waals surface area contributed by atoms with Gasteiger partial charge in [0, 0.05) is 19.7 Å². The molecule has 134 valence electrons. The van der Waals surface area contributed by atoms with Crippen molar-refractivity contribution in [2.75, 3.05) is 32.8 Å². The van der Waals surface area contributed by atoms with Crippen LogP contribution in [0.2, 0.25) is 0 Å². The van der Waals surface area contributed by atoms with Gasteiger partial charge in [-0.15, -0.1) is 0 Å². The molecule has 1 fully saturated rings. The summed E-state index contributed by atoms with van der Waals surface area (Å²) in [4.78, 5) is 13.9. The molecule has 0 bridgehead atoms. The van der Waals surface area contributed by atoms with Crippen molar-refractivity contribution in [3.8, 4) is 5.75 Å². The molecule has 24 heavy (non-hydrogen) atoms. The first kappa shape index (κ1) is 18.6. The lowest BCUT2D eigenvalue weighted by Crippen LogP contribution is -2.45. The predicted octanol–water partition coefficient (Wildman–Crippen LogP) is 2.78. The fourth-order valence-electron chi connectivity index (χ4n) is 2.81. The van der Waals surface area contributed by atoms with Crippen LogP contribution in [0.25, 0.3) is 0 Å². The molecular weight excluding hydrogens is 304 g/mol. The number of rotatable bonds is 5. The molecule has 1 aromatic carbocycles. The number of piperidine rings is 1. The van der Waals surface area contributed by atoms with Gasteiger partial charge in [-0.05, 0) is 41.9 Å². The highest BCUT2D eigenvalue weighted by Gasteiger charge is 2.21. The first-order valence-electron chi connectivity index (χ1n) is 8.77. The SMILES string of the molecule is CC(C)(C)c1ccc(OCCNC(=O)N2CCC(CO)CC2)cc1. The van der Waals surface area contributed by atoms with Gasteiger partial charge >= 0.3 is 6.03 Å². The molecule has 1 aromatic rings. The highest BCUT2D eigenvalue weighted by atomic mass is 16.5. The molecule has 1 saturated heterocycles. The zero-order valence-corrected chi connectivity index (χ0v) is 15.0. The van der Waals surface area contributed by atoms with E-state index in [4.69, 9.17) is 9.84 Å². The molecule has 0 saturated carbocycles. The average Bonchev–Trinajstić information content (AvgIpc) is 2.58. The van der Waals surface area contributed by atoms with Crippen molar-refractivity contribution in [3.63, 3.8) is 0 Å². The van der Waals surface area contributed by atoms with Crippen LogP contribution in [0.15, 0.2) is 24.3 Å². The largest absolute Gasteiger partial charge is 0.492 e. The summed E-state index contributed by atoms with van der Waals surface area (Å²) >= 11 is 0. The standard InChI is InChI=1S/C19H30N2O3/c1-19(2,3)16-4-6-17(7-5-16)24-13-10-20-18(23)21-11-8-15(14-22)9-12-21/h4-7,15,22H,8-14H2,1-3H3,(H,20,23). The molecule has 1 aliphatic heterocycles. The molecule has 1 aliphatic rings. The summed E-state index contributed by atoms with van der Waals surface area (Å²) in [5, 5.41) is 12.0. The topological polar surface area (TPSA) is 61.8 Å². The van der Waals surface area contributed by atoms with Crippen LogP contribution in [0.5, 0.6) is 5.75 Å². The Kier molecular flexibility index (Phi) is 6.49. The lowest BCUT2D eigenvalue weighted by molar-refractivity contribution is 0.136. The average molecular weight is 334 g/mol. The fraction of sp³-hybridized carbons (Fsp3) is 0.632. The molecule has 5 heteroatoms. The van der Waals surface area contributed by atoms with Gasteiger partial charge in [0.05, 0.1) is 6.54 Å². The third-order valence-corrected chi connectivity index (χ3v) is 4.53. The number of nitrogens with one attached hydrogen (secondary N) is 1. The molecule has 5 nitrogen and oxygen atoms in total. The van der Waals surface area contributed by atoms with E-state index in [1.54, 1.807) is 0 Å². The highest BCUT2D eigenvalue weighted by molar-refractivity contribution is 5.74. The Balaban J connectivity index is 1.67. The normalized spacial score (nSPS) is 16.1. The van der Waals surface area contributed by atoms with Crippen molar-refractivity contribution in [2.45, 2.75) is 39.0 Å². The van der Waals surface area contributed by atoms with Crippen LogP contribution >= 0.6 is 0 Å². The van der Waals surface area contributed by atoms with Crippen LogP contribution < -0.4 is 10.1 Å². The van der Waals surface area contributed by atoms with E-state index < -0.39 is 0 Å². The lowest BCUT2D eigenvalue weighted by Gasteiger charge is -2.31. The van der Waals surface area contributed by atoms with Crippen molar-refractivity contribution < 1.29 is 14.6 Å². The number of carbonyl (C=O) groups excluding carboxylic acids is 1. The van der Waals surface area contributed by atoms with Gasteiger partial charge in [-0.2, -0.15) is 0 Å². The van der Waals surface area contributed by atoms with E-state index in [0.29, 0.717) is 32.2 Å². The van der Waals surface area contributed by atoms with Crippen LogP contribution in [-0.2, 0) is 5.41 Å². The number of hydrogen-bond donors (Lipinski definition) is 2.